The normalized spacial score (nSPS) is 25.1. The van der Waals surface area contributed by atoms with Crippen LogP contribution in [0.5, 0.6) is 0 Å². The van der Waals surface area contributed by atoms with Crippen LogP contribution in [0.3, 0.4) is 0 Å². The van der Waals surface area contributed by atoms with Crippen molar-refractivity contribution in [3.05, 3.63) is 0 Å². The van der Waals surface area contributed by atoms with Crippen LogP contribution in [0, 0.1) is 0 Å². The first kappa shape index (κ1) is 58.0. The molecule has 0 bridgehead atoms. The SMILES string of the molecule is CC[C@@H](NC)C1OC(O)C(OC2OC(COC(=O)CCC(=O)NCCCCCNC(=O)CCC(=O)NCCCCCNC(=O)CCC(=O)NCCCCCO)C(O)C(O)C2=NO)C(O)C1O. The first-order valence-corrected chi connectivity index (χ1v) is 23.0. The number of unbranched alkanes of at least 4 members (excludes halogenated alkanes) is 6. The average Bonchev–Trinajstić information content (AvgIpc) is 3.30. The first-order chi connectivity index (χ1) is 31.7. The topological polar surface area (TPSA) is 365 Å². The highest BCUT2D eigenvalue weighted by atomic mass is 16.7. The Balaban J connectivity index is 1.51. The Labute approximate surface area is 385 Å². The number of aliphatic hydroxyl groups is 6. The van der Waals surface area contributed by atoms with Gasteiger partial charge >= 0.3 is 5.97 Å². The molecule has 9 unspecified atom stereocenters. The summed E-state index contributed by atoms with van der Waals surface area (Å²) in [6, 6.07) is -0.432. The van der Waals surface area contributed by atoms with Crippen LogP contribution in [0.25, 0.3) is 0 Å². The summed E-state index contributed by atoms with van der Waals surface area (Å²) in [6.07, 6.45) is -7.84. The van der Waals surface area contributed by atoms with E-state index in [9.17, 15) is 59.5 Å². The fourth-order valence-corrected chi connectivity index (χ4v) is 7.04. The summed E-state index contributed by atoms with van der Waals surface area (Å²) in [5, 5.41) is 91.0. The van der Waals surface area contributed by atoms with Gasteiger partial charge in [0.1, 0.15) is 55.0 Å². The number of esters is 1. The minimum absolute atomic E-state index is 0.0399. The van der Waals surface area contributed by atoms with Gasteiger partial charge in [-0.1, -0.05) is 12.1 Å². The summed E-state index contributed by atoms with van der Waals surface area (Å²) < 4.78 is 21.8. The van der Waals surface area contributed by atoms with Crippen molar-refractivity contribution in [2.75, 3.05) is 53.0 Å². The second kappa shape index (κ2) is 33.4. The van der Waals surface area contributed by atoms with Crippen molar-refractivity contribution in [2.45, 2.75) is 171 Å². The van der Waals surface area contributed by atoms with Gasteiger partial charge in [-0.3, -0.25) is 28.8 Å². The van der Waals surface area contributed by atoms with E-state index in [1.165, 1.54) is 0 Å². The molecule has 380 valence electrons. The van der Waals surface area contributed by atoms with Crippen LogP contribution in [-0.2, 0) is 47.7 Å². The average molecular weight is 950 g/mol. The second-order valence-corrected chi connectivity index (χ2v) is 16.2. The molecule has 0 aromatic rings. The number of carbonyl (C=O) groups is 6. The summed E-state index contributed by atoms with van der Waals surface area (Å²) in [4.78, 5) is 72.7. The highest BCUT2D eigenvalue weighted by molar-refractivity contribution is 5.92. The van der Waals surface area contributed by atoms with Crippen molar-refractivity contribution in [3.63, 3.8) is 0 Å². The number of aliphatic hydroxyl groups excluding tert-OH is 6. The van der Waals surface area contributed by atoms with E-state index in [1.807, 2.05) is 0 Å². The Morgan fingerprint density at radius 3 is 1.47 bits per heavy atom. The smallest absolute Gasteiger partial charge is 0.306 e. The van der Waals surface area contributed by atoms with Gasteiger partial charge < -0.3 is 86.7 Å². The zero-order valence-electron chi connectivity index (χ0n) is 38.2. The zero-order valence-corrected chi connectivity index (χ0v) is 38.2. The fourth-order valence-electron chi connectivity index (χ4n) is 7.04. The van der Waals surface area contributed by atoms with Gasteiger partial charge in [-0.05, 0) is 71.3 Å². The van der Waals surface area contributed by atoms with Crippen molar-refractivity contribution < 1.29 is 83.6 Å². The van der Waals surface area contributed by atoms with Gasteiger partial charge in [0.2, 0.25) is 35.8 Å². The highest BCUT2D eigenvalue weighted by Crippen LogP contribution is 2.29. The molecule has 2 aliphatic rings. The third-order valence-corrected chi connectivity index (χ3v) is 11.0. The maximum Gasteiger partial charge on any atom is 0.306 e. The van der Waals surface area contributed by atoms with Crippen LogP contribution in [0.4, 0.5) is 0 Å². The lowest BCUT2D eigenvalue weighted by Crippen LogP contribution is -2.65. The van der Waals surface area contributed by atoms with Crippen LogP contribution in [0.2, 0.25) is 0 Å². The Morgan fingerprint density at radius 1 is 0.621 bits per heavy atom. The standard InChI is InChI=1S/C42H75N7O17/c1-3-26(43-2)39-37(59)38(60)40(41(61)65-39)66-42-34(49-62)36(58)35(57)27(64-42)25-63-33(56)18-17-32(55)48-22-10-5-9-21-46-29(52)14-13-28(51)44-19-7-4-8-20-45-30(53)15-16-31(54)47-23-11-6-12-24-50/h26-27,35-43,50,57-62H,3-25H2,1-2H3,(H,44,51)(H,45,53)(H,46,52)(H,47,54)(H,48,55)/t26-,27?,35?,36?,37?,38?,39?,40?,41?,42?/m1/s1. The van der Waals surface area contributed by atoms with Crippen molar-refractivity contribution in [3.8, 4) is 0 Å². The lowest BCUT2D eigenvalue weighted by molar-refractivity contribution is -0.324. The molecule has 0 spiro atoms. The Hall–Kier alpha value is -4.11. The van der Waals surface area contributed by atoms with E-state index < -0.39 is 85.5 Å². The molecule has 0 aromatic carbocycles. The molecule has 24 heteroatoms. The van der Waals surface area contributed by atoms with Gasteiger partial charge in [-0.25, -0.2) is 0 Å². The number of ether oxygens (including phenoxy) is 4. The van der Waals surface area contributed by atoms with E-state index in [0.717, 1.165) is 25.7 Å². The molecule has 24 nitrogen and oxygen atoms in total. The molecular weight excluding hydrogens is 874 g/mol. The number of oxime groups is 1. The van der Waals surface area contributed by atoms with Crippen LogP contribution in [0.1, 0.15) is 110 Å². The fraction of sp³-hybridized carbons (Fsp3) is 0.833. The Morgan fingerprint density at radius 2 is 1.06 bits per heavy atom. The van der Waals surface area contributed by atoms with E-state index in [1.54, 1.807) is 14.0 Å². The Kier molecular flexibility index (Phi) is 29.3. The van der Waals surface area contributed by atoms with Gasteiger partial charge in [-0.2, -0.15) is 0 Å². The predicted molar refractivity (Wildman–Crippen MR) is 233 cm³/mol. The third-order valence-electron chi connectivity index (χ3n) is 11.0. The number of rotatable bonds is 33. The van der Waals surface area contributed by atoms with E-state index in [0.29, 0.717) is 71.2 Å². The molecule has 0 radical (unpaired) electrons. The lowest BCUT2D eigenvalue weighted by atomic mass is 9.92. The molecule has 2 fully saturated rings. The molecule has 10 atom stereocenters. The molecule has 2 aliphatic heterocycles. The highest BCUT2D eigenvalue weighted by Gasteiger charge is 2.51. The molecule has 0 aliphatic carbocycles. The molecule has 0 aromatic heterocycles. The molecule has 2 saturated heterocycles. The van der Waals surface area contributed by atoms with Gasteiger partial charge in [0, 0.05) is 77.5 Å². The van der Waals surface area contributed by atoms with Crippen molar-refractivity contribution >= 4 is 41.2 Å². The molecule has 2 heterocycles. The van der Waals surface area contributed by atoms with E-state index >= 15 is 0 Å². The number of likely N-dealkylation sites (N-methyl/N-ethyl adjacent to an activating group) is 1. The number of nitrogens with zero attached hydrogens (tertiary/aromatic N) is 1. The first-order valence-electron chi connectivity index (χ1n) is 23.0. The van der Waals surface area contributed by atoms with Crippen molar-refractivity contribution in [1.29, 1.82) is 0 Å². The van der Waals surface area contributed by atoms with Crippen LogP contribution < -0.4 is 31.9 Å². The maximum atomic E-state index is 12.4. The summed E-state index contributed by atoms with van der Waals surface area (Å²) in [7, 11) is 1.62. The number of amides is 5. The lowest BCUT2D eigenvalue weighted by Gasteiger charge is -2.45. The monoisotopic (exact) mass is 950 g/mol. The summed E-state index contributed by atoms with van der Waals surface area (Å²) in [5.74, 6) is -2.11. The Bertz CT molecular complexity index is 1490. The molecule has 0 saturated carbocycles. The quantitative estimate of drug-likeness (QED) is 0.0135. The summed E-state index contributed by atoms with van der Waals surface area (Å²) >= 11 is 0. The summed E-state index contributed by atoms with van der Waals surface area (Å²) in [6.45, 7) is 3.48. The van der Waals surface area contributed by atoms with E-state index in [-0.39, 0.29) is 68.8 Å². The molecular formula is C42H75N7O17. The van der Waals surface area contributed by atoms with Gasteiger partial charge in [-0.15, -0.1) is 0 Å². The predicted octanol–water partition coefficient (Wildman–Crippen LogP) is -2.95. The molecule has 66 heavy (non-hydrogen) atoms. The van der Waals surface area contributed by atoms with Gasteiger partial charge in [0.15, 0.2) is 6.29 Å². The van der Waals surface area contributed by atoms with Crippen LogP contribution in [0.15, 0.2) is 5.16 Å². The van der Waals surface area contributed by atoms with Crippen molar-refractivity contribution in [1.82, 2.24) is 31.9 Å². The van der Waals surface area contributed by atoms with E-state index in [2.05, 4.69) is 37.1 Å². The molecule has 13 N–H and O–H groups in total. The number of nitrogens with one attached hydrogen (secondary N) is 6. The molecule has 2 rings (SSSR count). The van der Waals surface area contributed by atoms with Crippen LogP contribution in [-0.4, -0.2) is 191 Å². The number of carbonyl (C=O) groups excluding carboxylic acids is 6. The summed E-state index contributed by atoms with van der Waals surface area (Å²) in [5.41, 5.74) is -0.622. The van der Waals surface area contributed by atoms with Gasteiger partial charge in [0.05, 0.1) is 6.42 Å². The number of hydrogen-bond acceptors (Lipinski definition) is 19. The largest absolute Gasteiger partial charge is 0.463 e. The third kappa shape index (κ3) is 22.1. The number of hydrogen-bond donors (Lipinski definition) is 13. The maximum absolute atomic E-state index is 12.4. The minimum Gasteiger partial charge on any atom is -0.463 e. The van der Waals surface area contributed by atoms with E-state index in [4.69, 9.17) is 24.1 Å². The molecule has 5 amide bonds. The zero-order chi connectivity index (χ0) is 48.9. The second-order valence-electron chi connectivity index (χ2n) is 16.2. The van der Waals surface area contributed by atoms with Gasteiger partial charge in [0.25, 0.3) is 0 Å². The van der Waals surface area contributed by atoms with Crippen molar-refractivity contribution in [2.24, 2.45) is 5.16 Å². The van der Waals surface area contributed by atoms with Crippen LogP contribution >= 0.6 is 0 Å². The minimum atomic E-state index is -1.88.